The Balaban J connectivity index is 1.32. The monoisotopic (exact) mass is 397 g/mol. The third-order valence-corrected chi connectivity index (χ3v) is 7.04. The lowest BCUT2D eigenvalue weighted by atomic mass is 10.1. The molecule has 3 heterocycles. The van der Waals surface area contributed by atoms with Gasteiger partial charge in [-0.25, -0.2) is 0 Å². The van der Waals surface area contributed by atoms with Crippen LogP contribution >= 0.6 is 0 Å². The number of benzene rings is 1. The van der Waals surface area contributed by atoms with Crippen LogP contribution in [0.5, 0.6) is 5.75 Å². The van der Waals surface area contributed by atoms with Gasteiger partial charge in [0.1, 0.15) is 11.9 Å². The van der Waals surface area contributed by atoms with Crippen molar-refractivity contribution >= 4 is 10.9 Å². The summed E-state index contributed by atoms with van der Waals surface area (Å²) in [5, 5.41) is 11.3. The van der Waals surface area contributed by atoms with Gasteiger partial charge in [-0.05, 0) is 69.7 Å². The van der Waals surface area contributed by atoms with E-state index in [1.807, 2.05) is 0 Å². The van der Waals surface area contributed by atoms with E-state index in [-0.39, 0.29) is 12.6 Å². The molecule has 0 unspecified atom stereocenters. The molecule has 1 atom stereocenters. The number of ether oxygens (including phenoxy) is 1. The predicted octanol–water partition coefficient (Wildman–Crippen LogP) is 3.65. The maximum atomic E-state index is 10.0. The van der Waals surface area contributed by atoms with Gasteiger partial charge in [-0.3, -0.25) is 4.90 Å². The first-order valence-electron chi connectivity index (χ1n) is 11.5. The summed E-state index contributed by atoms with van der Waals surface area (Å²) in [5.41, 5.74) is 2.56. The number of hydrogen-bond acceptors (Lipinski definition) is 4. The van der Waals surface area contributed by atoms with Gasteiger partial charge in [0.2, 0.25) is 0 Å². The zero-order chi connectivity index (χ0) is 20.0. The molecular formula is C24H35N3O2. The molecule has 2 fully saturated rings. The van der Waals surface area contributed by atoms with Crippen molar-refractivity contribution in [3.8, 4) is 5.75 Å². The summed E-state index contributed by atoms with van der Waals surface area (Å²) < 4.78 is 8.73. The zero-order valence-electron chi connectivity index (χ0n) is 17.9. The average molecular weight is 398 g/mol. The Hall–Kier alpha value is -1.56. The molecule has 29 heavy (non-hydrogen) atoms. The van der Waals surface area contributed by atoms with Crippen molar-refractivity contribution < 1.29 is 9.84 Å². The van der Waals surface area contributed by atoms with Crippen LogP contribution in [-0.4, -0.2) is 64.4 Å². The van der Waals surface area contributed by atoms with Crippen molar-refractivity contribution in [2.24, 2.45) is 5.92 Å². The van der Waals surface area contributed by atoms with Crippen LogP contribution in [0.1, 0.15) is 51.3 Å². The van der Waals surface area contributed by atoms with E-state index >= 15 is 0 Å². The highest BCUT2D eigenvalue weighted by atomic mass is 16.5. The highest BCUT2D eigenvalue weighted by molar-refractivity contribution is 5.83. The fraction of sp³-hybridized carbons (Fsp3) is 0.667. The third kappa shape index (κ3) is 4.05. The van der Waals surface area contributed by atoms with Crippen molar-refractivity contribution in [1.82, 2.24) is 14.4 Å². The second-order valence-electron chi connectivity index (χ2n) is 9.65. The molecule has 0 bridgehead atoms. The van der Waals surface area contributed by atoms with Crippen LogP contribution in [-0.2, 0) is 6.54 Å². The Bertz CT molecular complexity index is 849. The van der Waals surface area contributed by atoms with E-state index in [0.717, 1.165) is 50.7 Å². The van der Waals surface area contributed by atoms with Gasteiger partial charge >= 0.3 is 0 Å². The van der Waals surface area contributed by atoms with Crippen molar-refractivity contribution in [3.05, 3.63) is 30.0 Å². The summed E-state index contributed by atoms with van der Waals surface area (Å²) in [5.74, 6) is 1.87. The molecule has 5 nitrogen and oxygen atoms in total. The number of fused-ring (bicyclic) bond motifs is 3. The first-order chi connectivity index (χ1) is 14.1. The lowest BCUT2D eigenvalue weighted by Gasteiger charge is -2.35. The van der Waals surface area contributed by atoms with Gasteiger partial charge in [0.25, 0.3) is 0 Å². The summed E-state index contributed by atoms with van der Waals surface area (Å²) in [6.45, 7) is 10.1. The predicted molar refractivity (Wildman–Crippen MR) is 116 cm³/mol. The maximum Gasteiger partial charge on any atom is 0.120 e. The molecule has 3 aliphatic rings. The van der Waals surface area contributed by atoms with Gasteiger partial charge in [-0.2, -0.15) is 0 Å². The van der Waals surface area contributed by atoms with Crippen LogP contribution < -0.4 is 4.74 Å². The summed E-state index contributed by atoms with van der Waals surface area (Å²) in [6, 6.07) is 9.60. The van der Waals surface area contributed by atoms with Crippen LogP contribution in [0.4, 0.5) is 0 Å². The molecule has 1 aliphatic carbocycles. The molecule has 0 spiro atoms. The second-order valence-corrected chi connectivity index (χ2v) is 9.65. The van der Waals surface area contributed by atoms with Gasteiger partial charge in [0.15, 0.2) is 0 Å². The number of aliphatic hydroxyl groups is 1. The van der Waals surface area contributed by atoms with Gasteiger partial charge in [-0.1, -0.05) is 0 Å². The second kappa shape index (κ2) is 7.93. The first-order valence-corrected chi connectivity index (χ1v) is 11.5. The molecule has 1 aromatic heterocycles. The third-order valence-electron chi connectivity index (χ3n) is 7.04. The molecule has 2 aliphatic heterocycles. The fourth-order valence-electron chi connectivity index (χ4n) is 5.22. The van der Waals surface area contributed by atoms with E-state index in [1.54, 1.807) is 0 Å². The van der Waals surface area contributed by atoms with Gasteiger partial charge in [-0.15, -0.1) is 0 Å². The Kier molecular flexibility index (Phi) is 5.31. The van der Waals surface area contributed by atoms with E-state index in [1.165, 1.54) is 36.0 Å². The molecule has 5 rings (SSSR count). The minimum absolute atomic E-state index is 0.155. The van der Waals surface area contributed by atoms with Crippen molar-refractivity contribution in [2.45, 2.75) is 64.3 Å². The van der Waals surface area contributed by atoms with E-state index < -0.39 is 0 Å². The zero-order valence-corrected chi connectivity index (χ0v) is 17.9. The van der Waals surface area contributed by atoms with Crippen molar-refractivity contribution in [1.29, 1.82) is 0 Å². The number of nitrogens with zero attached hydrogens (tertiary/aromatic N) is 3. The molecule has 1 N–H and O–H groups in total. The molecule has 5 heteroatoms. The van der Waals surface area contributed by atoms with Crippen LogP contribution in [0.3, 0.4) is 0 Å². The minimum atomic E-state index is 0.155. The van der Waals surface area contributed by atoms with Crippen molar-refractivity contribution in [2.75, 3.05) is 32.8 Å². The molecule has 0 amide bonds. The fourth-order valence-corrected chi connectivity index (χ4v) is 5.22. The summed E-state index contributed by atoms with van der Waals surface area (Å²) in [7, 11) is 0. The van der Waals surface area contributed by atoms with Gasteiger partial charge < -0.3 is 19.3 Å². The SMILES string of the molecule is CC(C)N1CCC(Oc2ccc3c(c2)cc2n3[C@H](CO)CN(CC3CC3)C2)CC1. The highest BCUT2D eigenvalue weighted by Gasteiger charge is 2.31. The molecule has 2 aromatic rings. The van der Waals surface area contributed by atoms with E-state index in [0.29, 0.717) is 12.1 Å². The van der Waals surface area contributed by atoms with Gasteiger partial charge in [0.05, 0.1) is 12.6 Å². The topological polar surface area (TPSA) is 40.9 Å². The molecular weight excluding hydrogens is 362 g/mol. The highest BCUT2D eigenvalue weighted by Crippen LogP contribution is 2.35. The molecule has 1 saturated heterocycles. The van der Waals surface area contributed by atoms with Crippen LogP contribution in [0.25, 0.3) is 10.9 Å². The maximum absolute atomic E-state index is 10.0. The van der Waals surface area contributed by atoms with Gasteiger partial charge in [0, 0.05) is 55.4 Å². The Labute approximate surface area is 174 Å². The summed E-state index contributed by atoms with van der Waals surface area (Å²) in [6.07, 6.45) is 5.27. The molecule has 1 aromatic carbocycles. The number of likely N-dealkylation sites (tertiary alicyclic amines) is 1. The Morgan fingerprint density at radius 1 is 1.10 bits per heavy atom. The van der Waals surface area contributed by atoms with Crippen LogP contribution in [0.15, 0.2) is 24.3 Å². The number of hydrogen-bond donors (Lipinski definition) is 1. The largest absolute Gasteiger partial charge is 0.490 e. The molecule has 1 saturated carbocycles. The molecule has 0 radical (unpaired) electrons. The standard InChI is InChI=1S/C24H35N3O2/c1-17(2)26-9-7-22(8-10-26)29-23-5-6-24-19(12-23)11-20-14-25(13-18-3-4-18)15-21(16-28)27(20)24/h5-6,11-12,17-18,21-22,28H,3-4,7-10,13-16H2,1-2H3/t21-/m0/s1. The summed E-state index contributed by atoms with van der Waals surface area (Å²) >= 11 is 0. The number of rotatable bonds is 6. The van der Waals surface area contributed by atoms with Crippen LogP contribution in [0, 0.1) is 5.92 Å². The van der Waals surface area contributed by atoms with E-state index in [2.05, 4.69) is 52.5 Å². The molecule has 158 valence electrons. The Morgan fingerprint density at radius 3 is 2.59 bits per heavy atom. The quantitative estimate of drug-likeness (QED) is 0.808. The van der Waals surface area contributed by atoms with Crippen LogP contribution in [0.2, 0.25) is 0 Å². The van der Waals surface area contributed by atoms with E-state index in [4.69, 9.17) is 4.74 Å². The first kappa shape index (κ1) is 19.4. The lowest BCUT2D eigenvalue weighted by Crippen LogP contribution is -2.41. The summed E-state index contributed by atoms with van der Waals surface area (Å²) in [4.78, 5) is 5.07. The Morgan fingerprint density at radius 2 is 1.90 bits per heavy atom. The minimum Gasteiger partial charge on any atom is -0.490 e. The lowest BCUT2D eigenvalue weighted by molar-refractivity contribution is 0.0844. The average Bonchev–Trinajstić information content (AvgIpc) is 3.45. The smallest absolute Gasteiger partial charge is 0.120 e. The van der Waals surface area contributed by atoms with E-state index in [9.17, 15) is 5.11 Å². The number of piperidine rings is 1. The number of aromatic nitrogens is 1. The number of aliphatic hydroxyl groups excluding tert-OH is 1. The van der Waals surface area contributed by atoms with Crippen molar-refractivity contribution in [3.63, 3.8) is 0 Å². The normalized spacial score (nSPS) is 24.3.